The monoisotopic (exact) mass is 477 g/mol. The van der Waals surface area contributed by atoms with Crippen LogP contribution in [0, 0.1) is 18.3 Å². The van der Waals surface area contributed by atoms with Gasteiger partial charge < -0.3 is 24.3 Å². The second-order valence-corrected chi connectivity index (χ2v) is 8.76. The minimum absolute atomic E-state index is 0.00465. The largest absolute Gasteiger partial charge is 0.465 e. The molecule has 0 saturated carbocycles. The number of aryl methyl sites for hydroxylation is 1. The number of carbonyl (C=O) groups is 2. The summed E-state index contributed by atoms with van der Waals surface area (Å²) in [7, 11) is 3.66. The zero-order chi connectivity index (χ0) is 24.9. The average molecular weight is 478 g/mol. The second kappa shape index (κ2) is 10.8. The number of hydrogen-bond acceptors (Lipinski definition) is 8. The van der Waals surface area contributed by atoms with Gasteiger partial charge in [-0.2, -0.15) is 5.26 Å². The molecule has 1 amide bonds. The maximum absolute atomic E-state index is 13.0. The number of ether oxygens (including phenoxy) is 1. The summed E-state index contributed by atoms with van der Waals surface area (Å²) in [5.74, 6) is 1.55. The van der Waals surface area contributed by atoms with Crippen LogP contribution in [0.2, 0.25) is 0 Å². The van der Waals surface area contributed by atoms with Gasteiger partial charge in [-0.25, -0.2) is 0 Å². The molecule has 2 aliphatic rings. The van der Waals surface area contributed by atoms with Crippen molar-refractivity contribution in [3.8, 4) is 6.07 Å². The van der Waals surface area contributed by atoms with Crippen molar-refractivity contribution in [1.29, 1.82) is 5.26 Å². The minimum atomic E-state index is -0.351. The van der Waals surface area contributed by atoms with Gasteiger partial charge in [-0.1, -0.05) is 12.1 Å². The lowest BCUT2D eigenvalue weighted by Gasteiger charge is -2.33. The smallest absolute Gasteiger partial charge is 0.220 e. The third kappa shape index (κ3) is 5.24. The number of nitrogens with zero attached hydrogens (tertiary/aromatic N) is 4. The normalized spacial score (nSPS) is 16.6. The molecule has 0 spiro atoms. The number of allylic oxidation sites excluding steroid dienone is 1. The SMILES string of the molecule is Cc1ccc(C(CNC(=O)CCC(=O)C(C#N)=C2N(C)c3ccccc3N2C)N2CCOCC2)o1. The van der Waals surface area contributed by atoms with Crippen molar-refractivity contribution in [3.05, 3.63) is 59.3 Å². The van der Waals surface area contributed by atoms with Crippen molar-refractivity contribution in [2.45, 2.75) is 25.8 Å². The second-order valence-electron chi connectivity index (χ2n) is 8.76. The van der Waals surface area contributed by atoms with Crippen LogP contribution in [-0.2, 0) is 14.3 Å². The fraction of sp³-hybridized carbons (Fsp3) is 0.423. The predicted molar refractivity (Wildman–Crippen MR) is 132 cm³/mol. The number of amides is 1. The Morgan fingerprint density at radius 2 is 1.71 bits per heavy atom. The molecule has 9 nitrogen and oxygen atoms in total. The van der Waals surface area contributed by atoms with E-state index in [0.29, 0.717) is 25.6 Å². The summed E-state index contributed by atoms with van der Waals surface area (Å²) in [6.07, 6.45) is -0.0387. The molecule has 184 valence electrons. The highest BCUT2D eigenvalue weighted by Gasteiger charge is 2.31. The highest BCUT2D eigenvalue weighted by molar-refractivity contribution is 6.03. The summed E-state index contributed by atoms with van der Waals surface area (Å²) in [5, 5.41) is 12.7. The molecule has 35 heavy (non-hydrogen) atoms. The molecular formula is C26H31N5O4. The van der Waals surface area contributed by atoms with E-state index in [-0.39, 0.29) is 36.1 Å². The number of nitrogens with one attached hydrogen (secondary N) is 1. The first-order valence-corrected chi connectivity index (χ1v) is 11.8. The Bertz CT molecular complexity index is 1130. The Morgan fingerprint density at radius 1 is 1.06 bits per heavy atom. The standard InChI is InChI=1S/C26H31N5O4/c1-18-8-10-24(35-18)22(31-12-14-34-15-13-31)17-28-25(33)11-9-23(32)19(16-27)26-29(2)20-6-4-5-7-21(20)30(26)3/h4-8,10,22H,9,11-15,17H2,1-3H3,(H,28,33). The van der Waals surface area contributed by atoms with E-state index in [1.807, 2.05) is 67.2 Å². The van der Waals surface area contributed by atoms with Crippen LogP contribution in [0.15, 0.2) is 52.2 Å². The van der Waals surface area contributed by atoms with Crippen molar-refractivity contribution in [2.75, 3.05) is 56.7 Å². The molecule has 1 atom stereocenters. The van der Waals surface area contributed by atoms with Crippen LogP contribution in [0.3, 0.4) is 0 Å². The van der Waals surface area contributed by atoms with Gasteiger partial charge in [-0.05, 0) is 31.2 Å². The van der Waals surface area contributed by atoms with Crippen molar-refractivity contribution < 1.29 is 18.7 Å². The summed E-state index contributed by atoms with van der Waals surface area (Å²) >= 11 is 0. The van der Waals surface area contributed by atoms with Gasteiger partial charge in [0.15, 0.2) is 5.78 Å². The Kier molecular flexibility index (Phi) is 7.54. The van der Waals surface area contributed by atoms with Crippen LogP contribution in [-0.4, -0.2) is 63.5 Å². The molecule has 1 aromatic carbocycles. The quantitative estimate of drug-likeness (QED) is 0.457. The third-order valence-corrected chi connectivity index (χ3v) is 6.50. The van der Waals surface area contributed by atoms with Gasteiger partial charge in [0.05, 0.1) is 30.6 Å². The fourth-order valence-electron chi connectivity index (χ4n) is 4.64. The van der Waals surface area contributed by atoms with Crippen molar-refractivity contribution in [3.63, 3.8) is 0 Å². The zero-order valence-electron chi connectivity index (χ0n) is 20.4. The van der Waals surface area contributed by atoms with Gasteiger partial charge in [0.25, 0.3) is 0 Å². The molecule has 1 N–H and O–H groups in total. The van der Waals surface area contributed by atoms with E-state index in [9.17, 15) is 14.9 Å². The maximum atomic E-state index is 13.0. The molecule has 4 rings (SSSR count). The van der Waals surface area contributed by atoms with E-state index < -0.39 is 0 Å². The Labute approximate surface area is 205 Å². The van der Waals surface area contributed by atoms with E-state index in [0.717, 1.165) is 36.0 Å². The number of hydrogen-bond donors (Lipinski definition) is 1. The minimum Gasteiger partial charge on any atom is -0.465 e. The lowest BCUT2D eigenvalue weighted by molar-refractivity contribution is -0.124. The summed E-state index contributed by atoms with van der Waals surface area (Å²) in [6.45, 7) is 5.03. The molecule has 9 heteroatoms. The molecular weight excluding hydrogens is 446 g/mol. The number of Topliss-reactive ketones (excluding diaryl/α,β-unsaturated/α-hetero) is 1. The fourth-order valence-corrected chi connectivity index (χ4v) is 4.64. The van der Waals surface area contributed by atoms with Crippen LogP contribution in [0.25, 0.3) is 0 Å². The van der Waals surface area contributed by atoms with E-state index in [1.54, 1.807) is 0 Å². The number of morpholine rings is 1. The first-order valence-electron chi connectivity index (χ1n) is 11.8. The topological polar surface area (TPSA) is 102 Å². The number of anilines is 2. The van der Waals surface area contributed by atoms with Gasteiger partial charge in [0.1, 0.15) is 29.0 Å². The molecule has 1 saturated heterocycles. The van der Waals surface area contributed by atoms with Gasteiger partial charge in [0, 0.05) is 46.6 Å². The van der Waals surface area contributed by atoms with Crippen molar-refractivity contribution >= 4 is 23.1 Å². The average Bonchev–Trinajstić information content (AvgIpc) is 3.41. The summed E-state index contributed by atoms with van der Waals surface area (Å²) in [6, 6.07) is 13.5. The maximum Gasteiger partial charge on any atom is 0.220 e. The van der Waals surface area contributed by atoms with Gasteiger partial charge >= 0.3 is 0 Å². The van der Waals surface area contributed by atoms with Crippen molar-refractivity contribution in [1.82, 2.24) is 10.2 Å². The zero-order valence-corrected chi connectivity index (χ0v) is 20.4. The highest BCUT2D eigenvalue weighted by Crippen LogP contribution is 2.40. The molecule has 0 radical (unpaired) electrons. The third-order valence-electron chi connectivity index (χ3n) is 6.50. The molecule has 1 aromatic heterocycles. The molecule has 0 bridgehead atoms. The van der Waals surface area contributed by atoms with Gasteiger partial charge in [0.2, 0.25) is 5.91 Å². The number of rotatable bonds is 8. The number of fused-ring (bicyclic) bond motifs is 1. The Morgan fingerprint density at radius 3 is 2.29 bits per heavy atom. The first-order chi connectivity index (χ1) is 16.9. The number of para-hydroxylation sites is 2. The Balaban J connectivity index is 1.38. The van der Waals surface area contributed by atoms with Gasteiger partial charge in [-0.15, -0.1) is 0 Å². The summed E-state index contributed by atoms with van der Waals surface area (Å²) in [4.78, 5) is 31.5. The lowest BCUT2D eigenvalue weighted by atomic mass is 10.1. The Hall–Kier alpha value is -3.61. The van der Waals surface area contributed by atoms with Crippen LogP contribution in [0.4, 0.5) is 11.4 Å². The first kappa shape index (κ1) is 24.5. The number of ketones is 1. The molecule has 0 aliphatic carbocycles. The predicted octanol–water partition coefficient (Wildman–Crippen LogP) is 2.75. The molecule has 2 aliphatic heterocycles. The van der Waals surface area contributed by atoms with Gasteiger partial charge in [-0.3, -0.25) is 14.5 Å². The van der Waals surface area contributed by atoms with Crippen LogP contribution in [0.5, 0.6) is 0 Å². The van der Waals surface area contributed by atoms with E-state index >= 15 is 0 Å². The number of benzene rings is 1. The van der Waals surface area contributed by atoms with Crippen LogP contribution >= 0.6 is 0 Å². The number of furan rings is 1. The summed E-state index contributed by atoms with van der Waals surface area (Å²) < 4.78 is 11.3. The lowest BCUT2D eigenvalue weighted by Crippen LogP contribution is -2.43. The molecule has 1 unspecified atom stereocenters. The van der Waals surface area contributed by atoms with Crippen LogP contribution < -0.4 is 15.1 Å². The van der Waals surface area contributed by atoms with E-state index in [4.69, 9.17) is 9.15 Å². The summed E-state index contributed by atoms with van der Waals surface area (Å²) in [5.41, 5.74) is 1.90. The number of nitriles is 1. The molecule has 3 heterocycles. The number of carbonyl (C=O) groups excluding carboxylic acids is 2. The van der Waals surface area contributed by atoms with Crippen molar-refractivity contribution in [2.24, 2.45) is 0 Å². The molecule has 2 aromatic rings. The highest BCUT2D eigenvalue weighted by atomic mass is 16.5. The van der Waals surface area contributed by atoms with Crippen LogP contribution in [0.1, 0.15) is 30.4 Å². The molecule has 1 fully saturated rings. The van der Waals surface area contributed by atoms with E-state index in [2.05, 4.69) is 16.3 Å². The van der Waals surface area contributed by atoms with E-state index in [1.165, 1.54) is 0 Å².